The Morgan fingerprint density at radius 3 is 2.00 bits per heavy atom. The molecule has 0 radical (unpaired) electrons. The van der Waals surface area contributed by atoms with Crippen molar-refractivity contribution in [3.8, 4) is 0 Å². The van der Waals surface area contributed by atoms with Crippen LogP contribution in [0.5, 0.6) is 0 Å². The minimum Gasteiger partial charge on any atom is -1.00 e. The van der Waals surface area contributed by atoms with Gasteiger partial charge < -0.3 is 24.8 Å². The van der Waals surface area contributed by atoms with Gasteiger partial charge in [0.15, 0.2) is 0 Å². The van der Waals surface area contributed by atoms with Crippen molar-refractivity contribution in [2.24, 2.45) is 0 Å². The van der Waals surface area contributed by atoms with Gasteiger partial charge in [0.05, 0.1) is 0 Å². The molecular weight excluding hydrogens is 446 g/mol. The SMILES string of the molecule is C[Si]1([c-]2cccc2)CCC1.[C-]1=CC=CC1.[Cl-].[Cl-].[Hf+4]. The van der Waals surface area contributed by atoms with E-state index in [1.54, 1.807) is 5.19 Å². The van der Waals surface area contributed by atoms with Crippen molar-refractivity contribution >= 4 is 13.3 Å². The van der Waals surface area contributed by atoms with Crippen molar-refractivity contribution < 1.29 is 50.7 Å². The molecule has 0 atom stereocenters. The summed E-state index contributed by atoms with van der Waals surface area (Å²) in [7, 11) is -0.821. The standard InChI is InChI=1S/C9H13Si.C5H5.2ClH.Hf/c1-10(7-4-8-10)9-5-2-3-6-9;1-2-4-5-3-1;;;/h2-3,5-6H,4,7-8H2,1H3;1-3H,4H2;2*1H;/q2*-1;;;+4/p-2. The van der Waals surface area contributed by atoms with Crippen LogP contribution in [-0.2, 0) is 25.8 Å². The van der Waals surface area contributed by atoms with Gasteiger partial charge in [0.2, 0.25) is 0 Å². The number of hydrogen-bond acceptors (Lipinski definition) is 0. The first kappa shape index (κ1) is 20.8. The summed E-state index contributed by atoms with van der Waals surface area (Å²) in [6.07, 6.45) is 11.5. The largest absolute Gasteiger partial charge is 4.00 e. The van der Waals surface area contributed by atoms with Gasteiger partial charge >= 0.3 is 25.8 Å². The fraction of sp³-hybridized carbons (Fsp3) is 0.357. The first-order valence-corrected chi connectivity index (χ1v) is 8.67. The van der Waals surface area contributed by atoms with E-state index in [9.17, 15) is 0 Å². The topological polar surface area (TPSA) is 0 Å². The Bertz CT molecular complexity index is 344. The number of rotatable bonds is 1. The zero-order chi connectivity index (χ0) is 10.6. The molecule has 18 heavy (non-hydrogen) atoms. The van der Waals surface area contributed by atoms with Crippen LogP contribution in [0, 0.1) is 6.08 Å². The van der Waals surface area contributed by atoms with Gasteiger partial charge in [-0.1, -0.05) is 25.1 Å². The molecule has 1 aromatic carbocycles. The van der Waals surface area contributed by atoms with E-state index in [4.69, 9.17) is 0 Å². The summed E-state index contributed by atoms with van der Waals surface area (Å²) in [6.45, 7) is 2.51. The second-order valence-electron chi connectivity index (χ2n) is 4.59. The van der Waals surface area contributed by atoms with Crippen LogP contribution in [0.1, 0.15) is 12.8 Å². The second-order valence-corrected chi connectivity index (χ2v) is 9.29. The van der Waals surface area contributed by atoms with Crippen LogP contribution in [0.2, 0.25) is 18.6 Å². The molecule has 0 bridgehead atoms. The molecule has 4 heteroatoms. The molecule has 2 aliphatic rings. The Hall–Kier alpha value is 0.497. The molecule has 0 nitrogen and oxygen atoms in total. The molecule has 3 rings (SSSR count). The first-order valence-electron chi connectivity index (χ1n) is 5.75. The zero-order valence-electron chi connectivity index (χ0n) is 10.6. The van der Waals surface area contributed by atoms with E-state index in [0.717, 1.165) is 6.42 Å². The van der Waals surface area contributed by atoms with Crippen LogP contribution < -0.4 is 30.0 Å². The summed E-state index contributed by atoms with van der Waals surface area (Å²) in [5.41, 5.74) is 0. The van der Waals surface area contributed by atoms with Crippen LogP contribution >= 0.6 is 0 Å². The van der Waals surface area contributed by atoms with E-state index in [1.165, 1.54) is 18.5 Å². The molecule has 1 heterocycles. The van der Waals surface area contributed by atoms with Crippen LogP contribution in [0.25, 0.3) is 0 Å². The van der Waals surface area contributed by atoms with Gasteiger partial charge in [0.1, 0.15) is 0 Å². The van der Waals surface area contributed by atoms with Crippen molar-refractivity contribution in [2.45, 2.75) is 31.5 Å². The zero-order valence-corrected chi connectivity index (χ0v) is 16.7. The van der Waals surface area contributed by atoms with Gasteiger partial charge in [0.25, 0.3) is 0 Å². The molecule has 0 spiro atoms. The fourth-order valence-electron chi connectivity index (χ4n) is 2.11. The van der Waals surface area contributed by atoms with Gasteiger partial charge in [0, 0.05) is 8.07 Å². The van der Waals surface area contributed by atoms with Gasteiger partial charge in [-0.2, -0.15) is 23.4 Å². The van der Waals surface area contributed by atoms with Crippen molar-refractivity contribution in [2.75, 3.05) is 0 Å². The predicted molar refractivity (Wildman–Crippen MR) is 69.1 cm³/mol. The molecule has 0 N–H and O–H groups in total. The predicted octanol–water partition coefficient (Wildman–Crippen LogP) is -2.59. The minimum atomic E-state index is -0.821. The molecule has 1 aliphatic heterocycles. The van der Waals surface area contributed by atoms with Gasteiger partial charge in [-0.05, 0) is 0 Å². The van der Waals surface area contributed by atoms with Crippen molar-refractivity contribution in [1.29, 1.82) is 0 Å². The van der Waals surface area contributed by atoms with Crippen LogP contribution in [0.3, 0.4) is 0 Å². The Morgan fingerprint density at radius 1 is 1.11 bits per heavy atom. The monoisotopic (exact) mass is 464 g/mol. The van der Waals surface area contributed by atoms with E-state index in [-0.39, 0.29) is 50.7 Å². The quantitative estimate of drug-likeness (QED) is 0.317. The van der Waals surface area contributed by atoms with E-state index >= 15 is 0 Å². The number of hydrogen-bond donors (Lipinski definition) is 0. The van der Waals surface area contributed by atoms with E-state index < -0.39 is 8.07 Å². The molecule has 1 aromatic rings. The van der Waals surface area contributed by atoms with Crippen molar-refractivity contribution in [3.63, 3.8) is 0 Å². The van der Waals surface area contributed by atoms with E-state index in [2.05, 4.69) is 43.0 Å². The first-order chi connectivity index (χ1) is 7.31. The number of halogens is 2. The molecule has 1 saturated heterocycles. The Balaban J connectivity index is 0. The molecule has 0 amide bonds. The third kappa shape index (κ3) is 5.64. The molecular formula is C14H18Cl2HfSi. The Labute approximate surface area is 143 Å². The maximum absolute atomic E-state index is 2.99. The molecule has 0 aromatic heterocycles. The molecule has 1 fully saturated rings. The summed E-state index contributed by atoms with van der Waals surface area (Å²) in [5.74, 6) is 0. The van der Waals surface area contributed by atoms with E-state index in [1.807, 2.05) is 12.2 Å². The summed E-state index contributed by atoms with van der Waals surface area (Å²) >= 11 is 0. The average Bonchev–Trinajstić information content (AvgIpc) is 2.89. The summed E-state index contributed by atoms with van der Waals surface area (Å²) < 4.78 is 0. The molecule has 1 aliphatic carbocycles. The third-order valence-corrected chi connectivity index (χ3v) is 8.04. The van der Waals surface area contributed by atoms with Gasteiger partial charge in [-0.25, -0.2) is 24.3 Å². The molecule has 96 valence electrons. The third-order valence-electron chi connectivity index (χ3n) is 3.40. The number of allylic oxidation sites excluding steroid dienone is 4. The summed E-state index contributed by atoms with van der Waals surface area (Å²) in [4.78, 5) is 0. The summed E-state index contributed by atoms with van der Waals surface area (Å²) in [5, 5.41) is 1.68. The van der Waals surface area contributed by atoms with Gasteiger partial charge in [-0.15, -0.1) is 6.42 Å². The second kappa shape index (κ2) is 10.3. The van der Waals surface area contributed by atoms with Crippen LogP contribution in [-0.4, -0.2) is 8.07 Å². The maximum Gasteiger partial charge on any atom is 4.00 e. The smallest absolute Gasteiger partial charge is 1.00 e. The Morgan fingerprint density at radius 2 is 1.72 bits per heavy atom. The fourth-order valence-corrected chi connectivity index (χ4v) is 5.10. The maximum atomic E-state index is 2.99. The average molecular weight is 464 g/mol. The Kier molecular flexibility index (Phi) is 11.9. The van der Waals surface area contributed by atoms with Crippen LogP contribution in [0.4, 0.5) is 0 Å². The molecule has 0 saturated carbocycles. The summed E-state index contributed by atoms with van der Waals surface area (Å²) in [6, 6.07) is 12.0. The van der Waals surface area contributed by atoms with Crippen molar-refractivity contribution in [3.05, 3.63) is 48.6 Å². The van der Waals surface area contributed by atoms with Crippen molar-refractivity contribution in [1.82, 2.24) is 0 Å². The minimum absolute atomic E-state index is 0. The normalized spacial score (nSPS) is 17.2. The van der Waals surface area contributed by atoms with Crippen LogP contribution in [0.15, 0.2) is 42.5 Å². The van der Waals surface area contributed by atoms with Gasteiger partial charge in [-0.3, -0.25) is 6.08 Å². The van der Waals surface area contributed by atoms with E-state index in [0.29, 0.717) is 0 Å². The molecule has 0 unspecified atom stereocenters.